The lowest BCUT2D eigenvalue weighted by molar-refractivity contribution is -0.127. The van der Waals surface area contributed by atoms with E-state index in [1.54, 1.807) is 17.4 Å². The lowest BCUT2D eigenvalue weighted by Gasteiger charge is -2.35. The van der Waals surface area contributed by atoms with Crippen LogP contribution in [0.15, 0.2) is 28.1 Å². The Labute approximate surface area is 180 Å². The molecule has 1 aliphatic heterocycles. The monoisotopic (exact) mass is 434 g/mol. The molecule has 3 heterocycles. The molecule has 0 radical (unpaired) electrons. The van der Waals surface area contributed by atoms with Crippen LogP contribution in [0.25, 0.3) is 10.6 Å². The third-order valence-corrected chi connectivity index (χ3v) is 6.30. The topological polar surface area (TPSA) is 113 Å². The standard InChI is InChI=1S/C21H30N4O4S/c22-21(28)18(27)15-25-11-9-24(10-12-25)8-4-2-1-3-6-17(26)16-14-19(29-23-16)20-7-5-13-30-20/h5,7,13-14,18,27H,1-4,6,8-12,15H2,(H2,22,28)/t18-/m1/s1. The Kier molecular flexibility index (Phi) is 8.56. The first kappa shape index (κ1) is 22.6. The Morgan fingerprint density at radius 2 is 1.90 bits per heavy atom. The highest BCUT2D eigenvalue weighted by Gasteiger charge is 2.21. The van der Waals surface area contributed by atoms with E-state index in [1.165, 1.54) is 0 Å². The molecular weight excluding hydrogens is 404 g/mol. The Balaban J connectivity index is 1.24. The number of nitrogens with zero attached hydrogens (tertiary/aromatic N) is 3. The van der Waals surface area contributed by atoms with Gasteiger partial charge in [-0.2, -0.15) is 0 Å². The summed E-state index contributed by atoms with van der Waals surface area (Å²) in [6, 6.07) is 5.62. The minimum Gasteiger partial charge on any atom is -0.382 e. The maximum Gasteiger partial charge on any atom is 0.247 e. The van der Waals surface area contributed by atoms with Gasteiger partial charge in [0.1, 0.15) is 11.8 Å². The van der Waals surface area contributed by atoms with Gasteiger partial charge in [0, 0.05) is 45.2 Å². The Morgan fingerprint density at radius 1 is 1.17 bits per heavy atom. The first-order valence-corrected chi connectivity index (χ1v) is 11.4. The van der Waals surface area contributed by atoms with Crippen molar-refractivity contribution in [3.8, 4) is 10.6 Å². The number of thiophene rings is 1. The van der Waals surface area contributed by atoms with Crippen LogP contribution in [0.4, 0.5) is 0 Å². The molecule has 1 atom stereocenters. The van der Waals surface area contributed by atoms with Crippen LogP contribution in [-0.4, -0.2) is 77.1 Å². The van der Waals surface area contributed by atoms with E-state index >= 15 is 0 Å². The van der Waals surface area contributed by atoms with Gasteiger partial charge in [-0.05, 0) is 30.8 Å². The molecule has 164 valence electrons. The summed E-state index contributed by atoms with van der Waals surface area (Å²) in [4.78, 5) is 28.7. The van der Waals surface area contributed by atoms with E-state index in [0.29, 0.717) is 24.4 Å². The van der Waals surface area contributed by atoms with Gasteiger partial charge in [0.25, 0.3) is 0 Å². The molecule has 9 heteroatoms. The third-order valence-electron chi connectivity index (χ3n) is 5.41. The minimum atomic E-state index is -1.08. The van der Waals surface area contributed by atoms with Crippen molar-refractivity contribution in [2.45, 2.75) is 38.2 Å². The molecule has 0 saturated carbocycles. The van der Waals surface area contributed by atoms with Crippen molar-refractivity contribution in [1.82, 2.24) is 15.0 Å². The number of amides is 1. The van der Waals surface area contributed by atoms with Crippen LogP contribution >= 0.6 is 11.3 Å². The van der Waals surface area contributed by atoms with Crippen LogP contribution < -0.4 is 5.73 Å². The van der Waals surface area contributed by atoms with Crippen LogP contribution in [0.2, 0.25) is 0 Å². The summed E-state index contributed by atoms with van der Waals surface area (Å²) in [6.45, 7) is 4.89. The number of β-amino-alcohol motifs (C(OH)–C–C–N with tert-alkyl or cyclic N) is 1. The average molecular weight is 435 g/mol. The molecule has 0 unspecified atom stereocenters. The molecule has 0 aromatic carbocycles. The number of unbranched alkanes of at least 4 members (excludes halogenated alkanes) is 3. The second kappa shape index (κ2) is 11.4. The smallest absolute Gasteiger partial charge is 0.247 e. The summed E-state index contributed by atoms with van der Waals surface area (Å²) in [5.74, 6) is 0.0239. The SMILES string of the molecule is NC(=O)[C@H](O)CN1CCN(CCCCCCC(=O)c2cc(-c3cccs3)on2)CC1. The number of carbonyl (C=O) groups is 2. The van der Waals surface area contributed by atoms with Gasteiger partial charge in [-0.25, -0.2) is 0 Å². The highest BCUT2D eigenvalue weighted by atomic mass is 32.1. The van der Waals surface area contributed by atoms with Crippen molar-refractivity contribution >= 4 is 23.0 Å². The maximum atomic E-state index is 12.3. The summed E-state index contributed by atoms with van der Waals surface area (Å²) in [5.41, 5.74) is 5.52. The average Bonchev–Trinajstić information content (AvgIpc) is 3.43. The van der Waals surface area contributed by atoms with Gasteiger partial charge in [-0.3, -0.25) is 14.5 Å². The predicted octanol–water partition coefficient (Wildman–Crippen LogP) is 2.00. The number of primary amides is 1. The van der Waals surface area contributed by atoms with Gasteiger partial charge in [0.2, 0.25) is 5.91 Å². The van der Waals surface area contributed by atoms with Crippen LogP contribution in [-0.2, 0) is 4.79 Å². The Morgan fingerprint density at radius 3 is 2.60 bits per heavy atom. The zero-order valence-electron chi connectivity index (χ0n) is 17.2. The number of nitrogens with two attached hydrogens (primary N) is 1. The molecule has 1 amide bonds. The first-order valence-electron chi connectivity index (χ1n) is 10.5. The molecule has 2 aromatic rings. The summed E-state index contributed by atoms with van der Waals surface area (Å²) < 4.78 is 5.28. The summed E-state index contributed by atoms with van der Waals surface area (Å²) in [6.07, 6.45) is 3.48. The van der Waals surface area contributed by atoms with Gasteiger partial charge in [0.15, 0.2) is 11.5 Å². The largest absolute Gasteiger partial charge is 0.382 e. The minimum absolute atomic E-state index is 0.0378. The third kappa shape index (κ3) is 6.73. The predicted molar refractivity (Wildman–Crippen MR) is 115 cm³/mol. The van der Waals surface area contributed by atoms with E-state index in [9.17, 15) is 14.7 Å². The van der Waals surface area contributed by atoms with Gasteiger partial charge in [0.05, 0.1) is 4.88 Å². The second-order valence-electron chi connectivity index (χ2n) is 7.70. The Bertz CT molecular complexity index is 800. The number of hydrogen-bond acceptors (Lipinski definition) is 8. The first-order chi connectivity index (χ1) is 14.5. The van der Waals surface area contributed by atoms with E-state index in [0.717, 1.165) is 63.3 Å². The number of hydrogen-bond donors (Lipinski definition) is 2. The number of Topliss-reactive ketones (excluding diaryl/α,β-unsaturated/α-hetero) is 1. The molecule has 8 nitrogen and oxygen atoms in total. The molecule has 1 saturated heterocycles. The highest BCUT2D eigenvalue weighted by Crippen LogP contribution is 2.25. The molecule has 0 spiro atoms. The molecule has 2 aromatic heterocycles. The number of aliphatic hydroxyl groups excluding tert-OH is 1. The van der Waals surface area contributed by atoms with E-state index in [2.05, 4.69) is 15.0 Å². The molecule has 0 bridgehead atoms. The van der Waals surface area contributed by atoms with Crippen molar-refractivity contribution in [2.75, 3.05) is 39.3 Å². The van der Waals surface area contributed by atoms with Crippen molar-refractivity contribution in [1.29, 1.82) is 0 Å². The van der Waals surface area contributed by atoms with Crippen molar-refractivity contribution in [3.05, 3.63) is 29.3 Å². The molecule has 3 N–H and O–H groups in total. The normalized spacial score (nSPS) is 16.6. The summed E-state index contributed by atoms with van der Waals surface area (Å²) >= 11 is 1.56. The maximum absolute atomic E-state index is 12.3. The van der Waals surface area contributed by atoms with Gasteiger partial charge < -0.3 is 20.3 Å². The van der Waals surface area contributed by atoms with E-state index in [1.807, 2.05) is 17.5 Å². The summed E-state index contributed by atoms with van der Waals surface area (Å²) in [7, 11) is 0. The number of carbonyl (C=O) groups excluding carboxylic acids is 2. The van der Waals surface area contributed by atoms with E-state index in [-0.39, 0.29) is 5.78 Å². The lowest BCUT2D eigenvalue weighted by Crippen LogP contribution is -2.50. The zero-order valence-corrected chi connectivity index (χ0v) is 18.0. The lowest BCUT2D eigenvalue weighted by atomic mass is 10.1. The molecular formula is C21H30N4O4S. The number of piperazine rings is 1. The fraction of sp³-hybridized carbons (Fsp3) is 0.571. The molecule has 0 aliphatic carbocycles. The molecule has 30 heavy (non-hydrogen) atoms. The zero-order chi connectivity index (χ0) is 21.3. The van der Waals surface area contributed by atoms with Crippen LogP contribution in [0.1, 0.15) is 42.6 Å². The van der Waals surface area contributed by atoms with Crippen LogP contribution in [0, 0.1) is 0 Å². The van der Waals surface area contributed by atoms with E-state index in [4.69, 9.17) is 10.3 Å². The number of aliphatic hydroxyl groups is 1. The fourth-order valence-electron chi connectivity index (χ4n) is 3.57. The van der Waals surface area contributed by atoms with Crippen LogP contribution in [0.3, 0.4) is 0 Å². The second-order valence-corrected chi connectivity index (χ2v) is 8.65. The quantitative estimate of drug-likeness (QED) is 0.388. The van der Waals surface area contributed by atoms with Crippen molar-refractivity contribution in [3.63, 3.8) is 0 Å². The molecule has 3 rings (SSSR count). The van der Waals surface area contributed by atoms with Crippen LogP contribution in [0.5, 0.6) is 0 Å². The van der Waals surface area contributed by atoms with Gasteiger partial charge in [-0.1, -0.05) is 24.1 Å². The number of ketones is 1. The van der Waals surface area contributed by atoms with Gasteiger partial charge in [-0.15, -0.1) is 11.3 Å². The van der Waals surface area contributed by atoms with Gasteiger partial charge >= 0.3 is 0 Å². The number of aromatic nitrogens is 1. The Hall–Kier alpha value is -2.07. The van der Waals surface area contributed by atoms with Crippen molar-refractivity contribution < 1.29 is 19.2 Å². The summed E-state index contributed by atoms with van der Waals surface area (Å²) in [5, 5.41) is 15.4. The van der Waals surface area contributed by atoms with E-state index < -0.39 is 12.0 Å². The van der Waals surface area contributed by atoms with Crippen molar-refractivity contribution in [2.24, 2.45) is 5.73 Å². The molecule has 1 aliphatic rings. The fourth-order valence-corrected chi connectivity index (χ4v) is 4.25. The highest BCUT2D eigenvalue weighted by molar-refractivity contribution is 7.13. The molecule has 1 fully saturated rings. The number of rotatable bonds is 12.